The molecule has 15 aliphatic heterocycles. The maximum absolute atomic E-state index is 12.5. The Morgan fingerprint density at radius 3 is 0.919 bits per heavy atom. The molecular formula is C73H83O21P5. The lowest BCUT2D eigenvalue weighted by Gasteiger charge is -2.44. The highest BCUT2D eigenvalue weighted by atomic mass is 31.2. The molecule has 0 unspecified atom stereocenters. The molecule has 15 aliphatic rings. The van der Waals surface area contributed by atoms with E-state index in [-0.39, 0.29) is 52.7 Å². The largest absolute Gasteiger partial charge is 0.474 e. The van der Waals surface area contributed by atoms with E-state index < -0.39 is 44.5 Å². The Hall–Kier alpha value is -5.24. The predicted octanol–water partition coefficient (Wildman–Crippen LogP) is 16.9. The Balaban J connectivity index is 0.000000112. The molecule has 0 radical (unpaired) electrons. The summed E-state index contributed by atoms with van der Waals surface area (Å²) in [5.74, 6) is -0.0860. The number of carbonyl (C=O) groups is 1. The monoisotopic (exact) mass is 1450 g/mol. The SMILES string of the molecule is CC(C)(C)c1ccc(-c2ccc(CC34COP(=O)(OC3)OC4)cc2)cc1.Cc1cccc(C(=O)C23COP(=O)(OC2)OC3)c1.Cc1cccc(CC23COP(=O)(OC2)OC3)c1.O=P12OCC(Cc3ccc(-c4ccccc4)cc3)(CO1)CO2.O=P12OCC(Cc3ccccc3)(CO1)CO2. The minimum absolute atomic E-state index is 0.0860. The second-order valence-electron chi connectivity index (χ2n) is 28.6. The van der Waals surface area contributed by atoms with Gasteiger partial charge in [-0.15, -0.1) is 0 Å². The lowest BCUT2D eigenvalue weighted by Crippen LogP contribution is -2.50. The first-order valence-corrected chi connectivity index (χ1v) is 40.3. The van der Waals surface area contributed by atoms with Crippen LogP contribution in [0.2, 0.25) is 0 Å². The molecule has 7 aromatic rings. The summed E-state index contributed by atoms with van der Waals surface area (Å²) >= 11 is 0. The van der Waals surface area contributed by atoms with Crippen molar-refractivity contribution in [3.05, 3.63) is 226 Å². The fourth-order valence-corrected chi connectivity index (χ4v) is 20.4. The van der Waals surface area contributed by atoms with E-state index >= 15 is 0 Å². The van der Waals surface area contributed by atoms with Crippen molar-refractivity contribution >= 4 is 44.9 Å². The van der Waals surface area contributed by atoms with Crippen LogP contribution >= 0.6 is 39.1 Å². The van der Waals surface area contributed by atoms with E-state index in [2.05, 4.69) is 143 Å². The van der Waals surface area contributed by atoms with E-state index in [9.17, 15) is 27.6 Å². The zero-order valence-electron chi connectivity index (χ0n) is 56.1. The Labute approximate surface area is 578 Å². The van der Waals surface area contributed by atoms with E-state index in [1.54, 1.807) is 6.07 Å². The van der Waals surface area contributed by atoms with Crippen LogP contribution in [-0.4, -0.2) is 105 Å². The summed E-state index contributed by atoms with van der Waals surface area (Å²) in [5, 5.41) is 0. The molecule has 0 atom stereocenters. The highest BCUT2D eigenvalue weighted by Gasteiger charge is 2.56. The number of Topliss-reactive ketones (excluding diaryl/α,β-unsaturated/α-hetero) is 1. The van der Waals surface area contributed by atoms with Crippen LogP contribution in [0, 0.1) is 40.9 Å². The van der Waals surface area contributed by atoms with Crippen LogP contribution in [0.3, 0.4) is 0 Å². The van der Waals surface area contributed by atoms with Crippen molar-refractivity contribution in [1.29, 1.82) is 0 Å². The van der Waals surface area contributed by atoms with Crippen molar-refractivity contribution in [1.82, 2.24) is 0 Å². The minimum Gasteiger partial charge on any atom is -0.293 e. The summed E-state index contributed by atoms with van der Waals surface area (Å²) in [6, 6.07) is 62.0. The van der Waals surface area contributed by atoms with E-state index in [1.165, 1.54) is 55.6 Å². The molecule has 0 aliphatic carbocycles. The summed E-state index contributed by atoms with van der Waals surface area (Å²) < 4.78 is 136. The molecule has 0 N–H and O–H groups in total. The predicted molar refractivity (Wildman–Crippen MR) is 370 cm³/mol. The van der Waals surface area contributed by atoms with Crippen molar-refractivity contribution in [3.8, 4) is 22.3 Å². The molecule has 10 bridgehead atoms. The molecule has 99 heavy (non-hydrogen) atoms. The fourth-order valence-electron chi connectivity index (χ4n) is 12.9. The standard InChI is InChI=1S/C21H25O4P.C17H17O4P.C12H13O5P.C12H15O4P.C11H13O4P/c1-20(2,3)19-10-8-18(9-11-19)17-6-4-16(5-7-17)12-21-13-23-26(22,24-14-21)25-15-21;18-22-19-11-17(12-20-22,13-21-22)10-14-6-8-16(9-7-14)15-4-2-1-3-5-15;1-9-3-2-4-10(5-9)11(13)12-6-15-18(14,16-7-12)17-8-12;1-10-3-2-4-11(5-10)6-12-7-14-17(13,15-8-12)16-9-12;12-16-13-7-11(8-14-16,9-15-16)6-10-4-2-1-3-5-10/h4-11H,12-15H2,1-3H3;1-9H,10-13H2;2-5H,6-8H2,1H3;2-5H,6-9H2,1H3;1-5H,6-9H2. The summed E-state index contributed by atoms with van der Waals surface area (Å²) in [6.45, 7) is 16.3. The van der Waals surface area contributed by atoms with Crippen LogP contribution < -0.4 is 0 Å². The molecule has 0 spiro atoms. The molecule has 15 fully saturated rings. The Morgan fingerprint density at radius 1 is 0.313 bits per heavy atom. The van der Waals surface area contributed by atoms with E-state index in [4.69, 9.17) is 67.9 Å². The smallest absolute Gasteiger partial charge is 0.293 e. The molecule has 22 rings (SSSR count). The van der Waals surface area contributed by atoms with E-state index in [0.29, 0.717) is 84.8 Å². The second kappa shape index (κ2) is 29.1. The third kappa shape index (κ3) is 17.4. The zero-order chi connectivity index (χ0) is 69.3. The first kappa shape index (κ1) is 72.1. The summed E-state index contributed by atoms with van der Waals surface area (Å²) in [5.41, 5.74) is 12.4. The Morgan fingerprint density at radius 2 is 0.586 bits per heavy atom. The van der Waals surface area contributed by atoms with E-state index in [0.717, 1.165) is 31.2 Å². The number of fused-ring (bicyclic) bond motifs is 15. The first-order chi connectivity index (χ1) is 47.3. The van der Waals surface area contributed by atoms with E-state index in [1.807, 2.05) is 67.6 Å². The lowest BCUT2D eigenvalue weighted by molar-refractivity contribution is -0.0936. The third-order valence-corrected chi connectivity index (χ3v) is 25.6. The van der Waals surface area contributed by atoms with Gasteiger partial charge in [0.15, 0.2) is 5.78 Å². The maximum Gasteiger partial charge on any atom is 0.474 e. The number of aryl methyl sites for hydroxylation is 2. The number of rotatable bonds is 12. The highest BCUT2D eigenvalue weighted by Crippen LogP contribution is 2.64. The van der Waals surface area contributed by atoms with Gasteiger partial charge in [0, 0.05) is 27.2 Å². The maximum atomic E-state index is 12.5. The van der Waals surface area contributed by atoms with Gasteiger partial charge >= 0.3 is 39.1 Å². The number of hydrogen-bond acceptors (Lipinski definition) is 21. The molecule has 0 amide bonds. The Kier molecular flexibility index (Phi) is 21.2. The van der Waals surface area contributed by atoms with Gasteiger partial charge < -0.3 is 0 Å². The van der Waals surface area contributed by atoms with Gasteiger partial charge in [-0.2, -0.15) is 0 Å². The van der Waals surface area contributed by atoms with Crippen molar-refractivity contribution in [2.45, 2.75) is 65.7 Å². The number of carbonyl (C=O) groups excluding carboxylic acids is 1. The molecule has 7 aromatic carbocycles. The Bertz CT molecular complexity index is 4110. The van der Waals surface area contributed by atoms with Crippen molar-refractivity contribution in [2.24, 2.45) is 27.1 Å². The normalized spacial score (nSPS) is 32.7. The quantitative estimate of drug-likeness (QED) is 0.0815. The molecule has 21 nitrogen and oxygen atoms in total. The van der Waals surface area contributed by atoms with Crippen molar-refractivity contribution in [2.75, 3.05) is 99.1 Å². The highest BCUT2D eigenvalue weighted by molar-refractivity contribution is 7.49. The van der Waals surface area contributed by atoms with Crippen LogP contribution in [-0.2, 0) is 122 Å². The van der Waals surface area contributed by atoms with Crippen LogP contribution in [0.1, 0.15) is 70.1 Å². The fraction of sp³-hybridized carbons (Fsp3) is 0.411. The average molecular weight is 1450 g/mol. The summed E-state index contributed by atoms with van der Waals surface area (Å²) in [4.78, 5) is 12.5. The second-order valence-corrected chi connectivity index (χ2v) is 36.9. The molecule has 15 saturated heterocycles. The van der Waals surface area contributed by atoms with Crippen molar-refractivity contribution < 1.29 is 95.5 Å². The molecular weight excluding hydrogens is 1370 g/mol. The third-order valence-electron chi connectivity index (χ3n) is 18.9. The van der Waals surface area contributed by atoms with Gasteiger partial charge in [0.2, 0.25) is 0 Å². The molecule has 15 heterocycles. The van der Waals surface area contributed by atoms with Crippen LogP contribution in [0.4, 0.5) is 0 Å². The topological polar surface area (TPSA) is 241 Å². The molecule has 0 saturated carbocycles. The van der Waals surface area contributed by atoms with Gasteiger partial charge in [-0.05, 0) is 101 Å². The average Bonchev–Trinajstić information content (AvgIpc) is 0.784. The minimum atomic E-state index is -3.36. The van der Waals surface area contributed by atoms with Gasteiger partial charge in [0.25, 0.3) is 0 Å². The van der Waals surface area contributed by atoms with Gasteiger partial charge in [0.1, 0.15) is 5.41 Å². The number of benzene rings is 7. The van der Waals surface area contributed by atoms with Crippen LogP contribution in [0.25, 0.3) is 22.3 Å². The number of phosphoric ester groups is 5. The number of ketones is 1. The van der Waals surface area contributed by atoms with Gasteiger partial charge in [-0.3, -0.25) is 72.7 Å². The number of phosphoric acid groups is 5. The number of hydrogen-bond donors (Lipinski definition) is 0. The zero-order valence-corrected chi connectivity index (χ0v) is 60.5. The van der Waals surface area contributed by atoms with Crippen molar-refractivity contribution in [3.63, 3.8) is 0 Å². The molecule has 0 aromatic heterocycles. The van der Waals surface area contributed by atoms with Crippen LogP contribution in [0.15, 0.2) is 182 Å². The first-order valence-electron chi connectivity index (χ1n) is 33.0. The molecule has 26 heteroatoms. The molecule has 526 valence electrons. The van der Waals surface area contributed by atoms with Crippen LogP contribution in [0.5, 0.6) is 0 Å². The summed E-state index contributed by atoms with van der Waals surface area (Å²) in [6.07, 6.45) is 3.24. The van der Waals surface area contributed by atoms with Gasteiger partial charge in [-0.1, -0.05) is 208 Å². The van der Waals surface area contributed by atoms with Gasteiger partial charge in [0.05, 0.1) is 99.1 Å². The lowest BCUT2D eigenvalue weighted by atomic mass is 9.82. The van der Waals surface area contributed by atoms with Gasteiger partial charge in [-0.25, -0.2) is 22.8 Å². The summed E-state index contributed by atoms with van der Waals surface area (Å²) in [7, 11) is -16.2.